The molecule has 0 spiro atoms. The molecule has 0 aliphatic carbocycles. The Morgan fingerprint density at radius 2 is 1.97 bits per heavy atom. The van der Waals surface area contributed by atoms with Gasteiger partial charge in [0.1, 0.15) is 5.75 Å². The number of nitrogens with zero attached hydrogens (tertiary/aromatic N) is 3. The van der Waals surface area contributed by atoms with Crippen molar-refractivity contribution in [1.29, 1.82) is 0 Å². The fourth-order valence-electron chi connectivity index (χ4n) is 3.48. The number of aliphatic imine (C=N–C) groups is 1. The lowest BCUT2D eigenvalue weighted by Crippen LogP contribution is -2.46. The van der Waals surface area contributed by atoms with Gasteiger partial charge in [-0.15, -0.1) is 0 Å². The Labute approximate surface area is 178 Å². The largest absolute Gasteiger partial charge is 0.495 e. The Morgan fingerprint density at radius 3 is 2.66 bits per heavy atom. The van der Waals surface area contributed by atoms with Crippen LogP contribution in [-0.4, -0.2) is 57.2 Å². The van der Waals surface area contributed by atoms with Crippen LogP contribution in [0.2, 0.25) is 5.02 Å². The number of benzene rings is 2. The van der Waals surface area contributed by atoms with Crippen LogP contribution in [0.4, 0.5) is 11.4 Å². The van der Waals surface area contributed by atoms with Crippen molar-refractivity contribution in [3.8, 4) is 5.75 Å². The summed E-state index contributed by atoms with van der Waals surface area (Å²) in [6.07, 6.45) is 0.982. The highest BCUT2D eigenvalue weighted by molar-refractivity contribution is 6.32. The Balaban J connectivity index is 1.37. The van der Waals surface area contributed by atoms with E-state index in [1.165, 1.54) is 11.3 Å². The standard InChI is InChI=1S/C22H30ClN5O/c1-17-5-3-6-19(15-17)28-13-11-27(12-14-28)10-4-9-25-22(24)26-18-7-8-21(29-2)20(23)16-18/h3,5-8,15-16H,4,9-14H2,1-2H3,(H3,24,25,26). The van der Waals surface area contributed by atoms with Gasteiger partial charge in [0.25, 0.3) is 0 Å². The van der Waals surface area contributed by atoms with Crippen molar-refractivity contribution in [2.75, 3.05) is 56.6 Å². The van der Waals surface area contributed by atoms with Crippen LogP contribution in [-0.2, 0) is 0 Å². The minimum atomic E-state index is 0.399. The Kier molecular flexibility index (Phi) is 7.61. The van der Waals surface area contributed by atoms with E-state index >= 15 is 0 Å². The van der Waals surface area contributed by atoms with Crippen LogP contribution in [0.5, 0.6) is 5.75 Å². The maximum absolute atomic E-state index is 6.13. The van der Waals surface area contributed by atoms with Gasteiger partial charge >= 0.3 is 0 Å². The number of hydrogen-bond donors (Lipinski definition) is 2. The lowest BCUT2D eigenvalue weighted by atomic mass is 10.2. The molecule has 2 aromatic carbocycles. The number of hydrogen-bond acceptors (Lipinski definition) is 4. The van der Waals surface area contributed by atoms with Crippen molar-refractivity contribution in [1.82, 2.24) is 4.90 Å². The summed E-state index contributed by atoms with van der Waals surface area (Å²) in [5.41, 5.74) is 9.42. The van der Waals surface area contributed by atoms with E-state index in [1.807, 2.05) is 6.07 Å². The zero-order valence-electron chi connectivity index (χ0n) is 17.2. The molecule has 1 fully saturated rings. The number of guanidine groups is 1. The maximum atomic E-state index is 6.13. The Bertz CT molecular complexity index is 834. The maximum Gasteiger partial charge on any atom is 0.193 e. The number of aryl methyl sites for hydroxylation is 1. The fraction of sp³-hybridized carbons (Fsp3) is 0.409. The normalized spacial score (nSPS) is 15.4. The second-order valence-electron chi connectivity index (χ2n) is 7.26. The van der Waals surface area contributed by atoms with E-state index in [-0.39, 0.29) is 0 Å². The number of ether oxygens (including phenoxy) is 1. The number of piperazine rings is 1. The van der Waals surface area contributed by atoms with Gasteiger partial charge < -0.3 is 20.7 Å². The summed E-state index contributed by atoms with van der Waals surface area (Å²) in [4.78, 5) is 9.38. The highest BCUT2D eigenvalue weighted by Crippen LogP contribution is 2.27. The van der Waals surface area contributed by atoms with E-state index in [0.29, 0.717) is 23.3 Å². The van der Waals surface area contributed by atoms with Gasteiger partial charge in [0.2, 0.25) is 0 Å². The van der Waals surface area contributed by atoms with E-state index in [2.05, 4.69) is 51.3 Å². The first kappa shape index (κ1) is 21.3. The molecule has 0 atom stereocenters. The summed E-state index contributed by atoms with van der Waals surface area (Å²) >= 11 is 6.13. The molecule has 1 heterocycles. The molecule has 0 unspecified atom stereocenters. The molecule has 1 aliphatic rings. The molecule has 29 heavy (non-hydrogen) atoms. The van der Waals surface area contributed by atoms with Crippen molar-refractivity contribution < 1.29 is 4.74 Å². The highest BCUT2D eigenvalue weighted by Gasteiger charge is 2.16. The van der Waals surface area contributed by atoms with Crippen LogP contribution in [0.3, 0.4) is 0 Å². The smallest absolute Gasteiger partial charge is 0.193 e. The molecule has 0 radical (unpaired) electrons. The average molecular weight is 416 g/mol. The Morgan fingerprint density at radius 1 is 1.17 bits per heavy atom. The molecule has 3 N–H and O–H groups in total. The quantitative estimate of drug-likeness (QED) is 0.411. The van der Waals surface area contributed by atoms with Crippen molar-refractivity contribution in [3.05, 3.63) is 53.1 Å². The van der Waals surface area contributed by atoms with E-state index in [4.69, 9.17) is 22.1 Å². The van der Waals surface area contributed by atoms with E-state index < -0.39 is 0 Å². The van der Waals surface area contributed by atoms with Gasteiger partial charge in [-0.2, -0.15) is 0 Å². The van der Waals surface area contributed by atoms with Gasteiger partial charge in [0, 0.05) is 50.6 Å². The van der Waals surface area contributed by atoms with Crippen molar-refractivity contribution in [3.63, 3.8) is 0 Å². The summed E-state index contributed by atoms with van der Waals surface area (Å²) in [6, 6.07) is 14.2. The molecule has 0 bridgehead atoms. The van der Waals surface area contributed by atoms with Gasteiger partial charge in [-0.25, -0.2) is 0 Å². The van der Waals surface area contributed by atoms with Crippen LogP contribution >= 0.6 is 11.6 Å². The van der Waals surface area contributed by atoms with Crippen LogP contribution in [0.25, 0.3) is 0 Å². The van der Waals surface area contributed by atoms with Gasteiger partial charge in [-0.05, 0) is 49.2 Å². The summed E-state index contributed by atoms with van der Waals surface area (Å²) in [6.45, 7) is 8.16. The van der Waals surface area contributed by atoms with Crippen LogP contribution in [0.15, 0.2) is 47.5 Å². The summed E-state index contributed by atoms with van der Waals surface area (Å²) in [5, 5.41) is 3.61. The molecule has 1 saturated heterocycles. The predicted octanol–water partition coefficient (Wildman–Crippen LogP) is 3.60. The minimum absolute atomic E-state index is 0.399. The zero-order chi connectivity index (χ0) is 20.6. The third-order valence-electron chi connectivity index (χ3n) is 5.08. The molecular formula is C22H30ClN5O. The first-order valence-corrected chi connectivity index (χ1v) is 10.4. The number of methoxy groups -OCH3 is 1. The van der Waals surface area contributed by atoms with Gasteiger partial charge in [0.15, 0.2) is 5.96 Å². The average Bonchev–Trinajstić information content (AvgIpc) is 2.72. The minimum Gasteiger partial charge on any atom is -0.495 e. The molecule has 6 nitrogen and oxygen atoms in total. The summed E-state index contributed by atoms with van der Waals surface area (Å²) < 4.78 is 5.15. The SMILES string of the molecule is COc1ccc(NC(N)=NCCCN2CCN(c3cccc(C)c3)CC2)cc1Cl. The zero-order valence-corrected chi connectivity index (χ0v) is 18.0. The molecular weight excluding hydrogens is 386 g/mol. The van der Waals surface area contributed by atoms with E-state index in [0.717, 1.165) is 44.8 Å². The first-order valence-electron chi connectivity index (χ1n) is 9.99. The lowest BCUT2D eigenvalue weighted by Gasteiger charge is -2.36. The third kappa shape index (κ3) is 6.27. The van der Waals surface area contributed by atoms with Crippen molar-refractivity contribution >= 4 is 28.9 Å². The Hall–Kier alpha value is -2.44. The summed E-state index contributed by atoms with van der Waals surface area (Å²) in [5.74, 6) is 1.03. The van der Waals surface area contributed by atoms with E-state index in [1.54, 1.807) is 19.2 Å². The second-order valence-corrected chi connectivity index (χ2v) is 7.67. The predicted molar refractivity (Wildman–Crippen MR) is 123 cm³/mol. The first-order chi connectivity index (χ1) is 14.0. The number of rotatable bonds is 7. The molecule has 7 heteroatoms. The molecule has 0 saturated carbocycles. The van der Waals surface area contributed by atoms with Crippen LogP contribution in [0, 0.1) is 6.92 Å². The van der Waals surface area contributed by atoms with E-state index in [9.17, 15) is 0 Å². The number of nitrogens with two attached hydrogens (primary N) is 1. The second kappa shape index (κ2) is 10.4. The number of halogens is 1. The molecule has 2 aromatic rings. The van der Waals surface area contributed by atoms with Crippen LogP contribution in [0.1, 0.15) is 12.0 Å². The van der Waals surface area contributed by atoms with Crippen molar-refractivity contribution in [2.45, 2.75) is 13.3 Å². The number of anilines is 2. The third-order valence-corrected chi connectivity index (χ3v) is 5.37. The van der Waals surface area contributed by atoms with Gasteiger partial charge in [-0.3, -0.25) is 9.89 Å². The van der Waals surface area contributed by atoms with Gasteiger partial charge in [0.05, 0.1) is 12.1 Å². The fourth-order valence-corrected chi connectivity index (χ4v) is 3.74. The number of nitrogens with one attached hydrogen (secondary N) is 1. The molecule has 156 valence electrons. The topological polar surface area (TPSA) is 66.1 Å². The van der Waals surface area contributed by atoms with Gasteiger partial charge in [-0.1, -0.05) is 23.7 Å². The molecule has 0 aromatic heterocycles. The van der Waals surface area contributed by atoms with Crippen molar-refractivity contribution in [2.24, 2.45) is 10.7 Å². The summed E-state index contributed by atoms with van der Waals surface area (Å²) in [7, 11) is 1.59. The molecule has 3 rings (SSSR count). The monoisotopic (exact) mass is 415 g/mol. The molecule has 1 aliphatic heterocycles. The molecule has 0 amide bonds. The lowest BCUT2D eigenvalue weighted by molar-refractivity contribution is 0.256. The van der Waals surface area contributed by atoms with Crippen LogP contribution < -0.4 is 20.7 Å². The highest BCUT2D eigenvalue weighted by atomic mass is 35.5.